The number of piperidine rings is 1. The van der Waals surface area contributed by atoms with Crippen LogP contribution < -0.4 is 10.5 Å². The normalized spacial score (nSPS) is 22.2. The Morgan fingerprint density at radius 2 is 2.00 bits per heavy atom. The molecule has 3 heterocycles. The summed E-state index contributed by atoms with van der Waals surface area (Å²) in [6, 6.07) is 11.1. The summed E-state index contributed by atoms with van der Waals surface area (Å²) in [4.78, 5) is 28.9. The maximum atomic E-state index is 12.7. The van der Waals surface area contributed by atoms with Crippen LogP contribution in [0.1, 0.15) is 30.9 Å². The fourth-order valence-corrected chi connectivity index (χ4v) is 4.17. The molecule has 30 heavy (non-hydrogen) atoms. The van der Waals surface area contributed by atoms with Gasteiger partial charge in [-0.3, -0.25) is 14.5 Å². The molecule has 1 aromatic heterocycles. The molecule has 0 saturated carbocycles. The van der Waals surface area contributed by atoms with Crippen LogP contribution >= 0.6 is 0 Å². The highest BCUT2D eigenvalue weighted by Crippen LogP contribution is 2.21. The summed E-state index contributed by atoms with van der Waals surface area (Å²) in [6.45, 7) is 3.14. The average Bonchev–Trinajstić information content (AvgIpc) is 3.19. The van der Waals surface area contributed by atoms with E-state index in [0.29, 0.717) is 19.5 Å². The van der Waals surface area contributed by atoms with Gasteiger partial charge in [0.15, 0.2) is 0 Å². The molecule has 8 nitrogen and oxygen atoms in total. The molecule has 2 aliphatic heterocycles. The molecule has 2 aromatic rings. The predicted octanol–water partition coefficient (Wildman–Crippen LogP) is 1.19. The number of anilines is 1. The highest BCUT2D eigenvalue weighted by atomic mass is 16.5. The Morgan fingerprint density at radius 1 is 1.17 bits per heavy atom. The Kier molecular flexibility index (Phi) is 6.44. The molecule has 2 fully saturated rings. The molecular weight excluding hydrogens is 384 g/mol. The number of hydrogen-bond acceptors (Lipinski definition) is 7. The van der Waals surface area contributed by atoms with Gasteiger partial charge in [0.25, 0.3) is 5.56 Å². The summed E-state index contributed by atoms with van der Waals surface area (Å²) in [7, 11) is 0. The van der Waals surface area contributed by atoms with Crippen LogP contribution in [0, 0.1) is 0 Å². The van der Waals surface area contributed by atoms with Crippen LogP contribution in [-0.2, 0) is 16.1 Å². The van der Waals surface area contributed by atoms with Gasteiger partial charge in [0.05, 0.1) is 30.6 Å². The summed E-state index contributed by atoms with van der Waals surface area (Å²) >= 11 is 0. The molecule has 4 rings (SSSR count). The van der Waals surface area contributed by atoms with Crippen molar-refractivity contribution in [3.05, 3.63) is 58.5 Å². The van der Waals surface area contributed by atoms with Crippen LogP contribution in [-0.4, -0.2) is 64.6 Å². The van der Waals surface area contributed by atoms with Gasteiger partial charge < -0.3 is 14.7 Å². The fraction of sp³-hybridized carbons (Fsp3) is 0.500. The second-order valence-corrected chi connectivity index (χ2v) is 8.06. The third-order valence-electron chi connectivity index (χ3n) is 5.76. The van der Waals surface area contributed by atoms with Gasteiger partial charge in [-0.05, 0) is 31.4 Å². The lowest BCUT2D eigenvalue weighted by Gasteiger charge is -2.32. The summed E-state index contributed by atoms with van der Waals surface area (Å²) in [5, 5.41) is 14.1. The van der Waals surface area contributed by atoms with E-state index in [4.69, 9.17) is 4.74 Å². The van der Waals surface area contributed by atoms with Crippen molar-refractivity contribution in [1.82, 2.24) is 14.7 Å². The third-order valence-corrected chi connectivity index (χ3v) is 5.76. The van der Waals surface area contributed by atoms with Gasteiger partial charge in [-0.25, -0.2) is 4.68 Å². The lowest BCUT2D eigenvalue weighted by atomic mass is 10.1. The lowest BCUT2D eigenvalue weighted by Crippen LogP contribution is -2.43. The number of carbonyl (C=O) groups is 1. The number of ether oxygens (including phenoxy) is 1. The molecular formula is C22H28N4O4. The van der Waals surface area contributed by atoms with Gasteiger partial charge in [0.2, 0.25) is 0 Å². The number of aliphatic hydroxyl groups excluding tert-OH is 1. The molecule has 1 aromatic carbocycles. The van der Waals surface area contributed by atoms with Crippen molar-refractivity contribution >= 4 is 11.7 Å². The Hall–Kier alpha value is -2.71. The first-order chi connectivity index (χ1) is 14.6. The first-order valence-electron chi connectivity index (χ1n) is 10.5. The Bertz CT molecular complexity index is 917. The van der Waals surface area contributed by atoms with Crippen molar-refractivity contribution in [3.8, 4) is 0 Å². The van der Waals surface area contributed by atoms with Gasteiger partial charge in [-0.1, -0.05) is 30.3 Å². The maximum absolute atomic E-state index is 12.7. The summed E-state index contributed by atoms with van der Waals surface area (Å²) < 4.78 is 6.91. The quantitative estimate of drug-likeness (QED) is 0.713. The van der Waals surface area contributed by atoms with Crippen LogP contribution in [0.3, 0.4) is 0 Å². The zero-order valence-electron chi connectivity index (χ0n) is 17.0. The third kappa shape index (κ3) is 5.06. The van der Waals surface area contributed by atoms with Crippen molar-refractivity contribution in [2.75, 3.05) is 37.6 Å². The van der Waals surface area contributed by atoms with Crippen molar-refractivity contribution < 1.29 is 14.6 Å². The highest BCUT2D eigenvalue weighted by Gasteiger charge is 2.26. The largest absolute Gasteiger partial charge is 0.460 e. The van der Waals surface area contributed by atoms with E-state index in [1.54, 1.807) is 12.3 Å². The van der Waals surface area contributed by atoms with Crippen LogP contribution in [0.2, 0.25) is 0 Å². The monoisotopic (exact) mass is 412 g/mol. The second-order valence-electron chi connectivity index (χ2n) is 8.06. The van der Waals surface area contributed by atoms with E-state index in [1.165, 1.54) is 4.68 Å². The van der Waals surface area contributed by atoms with Crippen molar-refractivity contribution in [2.45, 2.75) is 38.0 Å². The van der Waals surface area contributed by atoms with E-state index < -0.39 is 0 Å². The molecule has 2 aliphatic rings. The maximum Gasteiger partial charge on any atom is 0.320 e. The molecule has 0 radical (unpaired) electrons. The number of β-amino-alcohol motifs (C(OH)–C–C–N with tert-alkyl or cyclic N) is 1. The minimum Gasteiger partial charge on any atom is -0.460 e. The zero-order chi connectivity index (χ0) is 20.9. The van der Waals surface area contributed by atoms with Crippen molar-refractivity contribution in [1.29, 1.82) is 0 Å². The van der Waals surface area contributed by atoms with Gasteiger partial charge in [-0.2, -0.15) is 5.10 Å². The Labute approximate surface area is 175 Å². The number of hydrogen-bond donors (Lipinski definition) is 1. The molecule has 1 N–H and O–H groups in total. The van der Waals surface area contributed by atoms with Crippen molar-refractivity contribution in [2.24, 2.45) is 0 Å². The molecule has 2 saturated heterocycles. The molecule has 0 aliphatic carbocycles. The molecule has 0 bridgehead atoms. The average molecular weight is 412 g/mol. The molecule has 0 amide bonds. The van der Waals surface area contributed by atoms with E-state index in [2.05, 4.69) is 5.10 Å². The Balaban J connectivity index is 1.33. The number of rotatable bonds is 6. The SMILES string of the molecule is O=C(CN1CCCC(n2ncc(N3CC[C@H](O)C3)cc2=O)C1)OCc1ccccc1. The second kappa shape index (κ2) is 9.40. The number of likely N-dealkylation sites (tertiary alicyclic amines) is 1. The topological polar surface area (TPSA) is 87.9 Å². The van der Waals surface area contributed by atoms with Gasteiger partial charge >= 0.3 is 5.97 Å². The van der Waals surface area contributed by atoms with E-state index >= 15 is 0 Å². The van der Waals surface area contributed by atoms with Gasteiger partial charge in [0, 0.05) is 25.7 Å². The van der Waals surface area contributed by atoms with E-state index in [-0.39, 0.29) is 36.8 Å². The van der Waals surface area contributed by atoms with Crippen LogP contribution in [0.25, 0.3) is 0 Å². The summed E-state index contributed by atoms with van der Waals surface area (Å²) in [6.07, 6.45) is 3.81. The fourth-order valence-electron chi connectivity index (χ4n) is 4.17. The van der Waals surface area contributed by atoms with E-state index in [9.17, 15) is 14.7 Å². The van der Waals surface area contributed by atoms with Crippen molar-refractivity contribution in [3.63, 3.8) is 0 Å². The molecule has 2 atom stereocenters. The molecule has 8 heteroatoms. The summed E-state index contributed by atoms with van der Waals surface area (Å²) in [5.41, 5.74) is 1.57. The number of aromatic nitrogens is 2. The molecule has 1 unspecified atom stereocenters. The lowest BCUT2D eigenvalue weighted by molar-refractivity contribution is -0.146. The number of benzene rings is 1. The van der Waals surface area contributed by atoms with Gasteiger partial charge in [-0.15, -0.1) is 0 Å². The van der Waals surface area contributed by atoms with E-state index in [1.807, 2.05) is 40.1 Å². The number of esters is 1. The van der Waals surface area contributed by atoms with E-state index in [0.717, 1.165) is 37.2 Å². The number of carbonyl (C=O) groups excluding carboxylic acids is 1. The first-order valence-corrected chi connectivity index (χ1v) is 10.5. The van der Waals surface area contributed by atoms with Crippen LogP contribution in [0.15, 0.2) is 47.4 Å². The summed E-state index contributed by atoms with van der Waals surface area (Å²) in [5.74, 6) is -0.261. The first kappa shape index (κ1) is 20.6. The van der Waals surface area contributed by atoms with Crippen LogP contribution in [0.5, 0.6) is 0 Å². The zero-order valence-corrected chi connectivity index (χ0v) is 17.0. The smallest absolute Gasteiger partial charge is 0.320 e. The highest BCUT2D eigenvalue weighted by molar-refractivity contribution is 5.71. The predicted molar refractivity (Wildman–Crippen MR) is 112 cm³/mol. The van der Waals surface area contributed by atoms with Gasteiger partial charge in [0.1, 0.15) is 6.61 Å². The minimum atomic E-state index is -0.346. The van der Waals surface area contributed by atoms with Crippen LogP contribution in [0.4, 0.5) is 5.69 Å². The molecule has 0 spiro atoms. The standard InChI is InChI=1S/C22H28N4O4/c27-20-8-10-25(14-20)19-11-21(28)26(23-12-19)18-7-4-9-24(13-18)15-22(29)30-16-17-5-2-1-3-6-17/h1-3,5-6,11-12,18,20,27H,4,7-10,13-16H2/t18?,20-/m0/s1. The Morgan fingerprint density at radius 3 is 2.73 bits per heavy atom. The number of aliphatic hydroxyl groups is 1. The number of nitrogens with zero attached hydrogens (tertiary/aromatic N) is 4. The minimum absolute atomic E-state index is 0.0635. The molecule has 160 valence electrons.